The molecule has 3 amide bonds. The number of ether oxygens (including phenoxy) is 1. The highest BCUT2D eigenvalue weighted by Gasteiger charge is 2.17. The molecule has 0 spiro atoms. The number of rotatable bonds is 4. The summed E-state index contributed by atoms with van der Waals surface area (Å²) in [5.41, 5.74) is 0. The SMILES string of the molecule is O=C(O)CCC(=O)NC(=O)NC1CCCOC1. The third-order valence-corrected chi connectivity index (χ3v) is 2.31. The Labute approximate surface area is 98.5 Å². The van der Waals surface area contributed by atoms with Crippen LogP contribution < -0.4 is 10.6 Å². The standard InChI is InChI=1S/C10H16N2O5/c13-8(3-4-9(14)15)12-10(16)11-7-2-1-5-17-6-7/h7H,1-6H2,(H,14,15)(H2,11,12,13,16). The Morgan fingerprint density at radius 3 is 2.65 bits per heavy atom. The van der Waals surface area contributed by atoms with Crippen LogP contribution in [0.3, 0.4) is 0 Å². The van der Waals surface area contributed by atoms with Crippen molar-refractivity contribution in [1.82, 2.24) is 10.6 Å². The summed E-state index contributed by atoms with van der Waals surface area (Å²) in [6.07, 6.45) is 1.20. The van der Waals surface area contributed by atoms with Crippen molar-refractivity contribution in [3.8, 4) is 0 Å². The van der Waals surface area contributed by atoms with E-state index in [0.717, 1.165) is 12.8 Å². The molecule has 0 aromatic heterocycles. The van der Waals surface area contributed by atoms with Crippen molar-refractivity contribution in [3.05, 3.63) is 0 Å². The highest BCUT2D eigenvalue weighted by Crippen LogP contribution is 2.05. The van der Waals surface area contributed by atoms with Crippen LogP contribution in [0.5, 0.6) is 0 Å². The number of imide groups is 1. The number of urea groups is 1. The molecular formula is C10H16N2O5. The van der Waals surface area contributed by atoms with Crippen LogP contribution in [-0.4, -0.2) is 42.3 Å². The van der Waals surface area contributed by atoms with E-state index >= 15 is 0 Å². The number of hydrogen-bond donors (Lipinski definition) is 3. The number of carbonyl (C=O) groups is 3. The molecule has 0 aliphatic carbocycles. The van der Waals surface area contributed by atoms with E-state index in [1.807, 2.05) is 0 Å². The van der Waals surface area contributed by atoms with Crippen LogP contribution in [0.25, 0.3) is 0 Å². The summed E-state index contributed by atoms with van der Waals surface area (Å²) < 4.78 is 5.16. The number of aliphatic carboxylic acids is 1. The first-order chi connectivity index (χ1) is 8.08. The fraction of sp³-hybridized carbons (Fsp3) is 0.700. The number of carboxylic acids is 1. The topological polar surface area (TPSA) is 105 Å². The largest absolute Gasteiger partial charge is 0.481 e. The van der Waals surface area contributed by atoms with Gasteiger partial charge in [0.15, 0.2) is 0 Å². The second-order valence-electron chi connectivity index (χ2n) is 3.83. The van der Waals surface area contributed by atoms with Gasteiger partial charge in [0.1, 0.15) is 0 Å². The first kappa shape index (κ1) is 13.4. The summed E-state index contributed by atoms with van der Waals surface area (Å²) in [5.74, 6) is -1.66. The maximum absolute atomic E-state index is 11.3. The Morgan fingerprint density at radius 1 is 1.29 bits per heavy atom. The van der Waals surface area contributed by atoms with Gasteiger partial charge in [0.05, 0.1) is 19.1 Å². The number of carboxylic acid groups (broad SMARTS) is 1. The van der Waals surface area contributed by atoms with Crippen molar-refractivity contribution in [3.63, 3.8) is 0 Å². The van der Waals surface area contributed by atoms with Gasteiger partial charge < -0.3 is 15.2 Å². The van der Waals surface area contributed by atoms with Gasteiger partial charge in [0, 0.05) is 13.0 Å². The van der Waals surface area contributed by atoms with E-state index in [1.54, 1.807) is 0 Å². The first-order valence-electron chi connectivity index (χ1n) is 5.48. The molecular weight excluding hydrogens is 228 g/mol. The van der Waals surface area contributed by atoms with Crippen LogP contribution in [0.4, 0.5) is 4.79 Å². The smallest absolute Gasteiger partial charge is 0.321 e. The minimum atomic E-state index is -1.07. The highest BCUT2D eigenvalue weighted by atomic mass is 16.5. The maximum atomic E-state index is 11.3. The number of hydrogen-bond acceptors (Lipinski definition) is 4. The molecule has 1 saturated heterocycles. The molecule has 0 saturated carbocycles. The molecule has 3 N–H and O–H groups in total. The van der Waals surface area contributed by atoms with E-state index in [1.165, 1.54) is 0 Å². The summed E-state index contributed by atoms with van der Waals surface area (Å²) >= 11 is 0. The summed E-state index contributed by atoms with van der Waals surface area (Å²) in [4.78, 5) is 32.7. The third-order valence-electron chi connectivity index (χ3n) is 2.31. The van der Waals surface area contributed by atoms with E-state index in [-0.39, 0.29) is 18.9 Å². The molecule has 1 fully saturated rings. The second kappa shape index (κ2) is 6.85. The average molecular weight is 244 g/mol. The van der Waals surface area contributed by atoms with Crippen LogP contribution >= 0.6 is 0 Å². The minimum Gasteiger partial charge on any atom is -0.481 e. The summed E-state index contributed by atoms with van der Waals surface area (Å²) in [6.45, 7) is 1.13. The Morgan fingerprint density at radius 2 is 2.06 bits per heavy atom. The summed E-state index contributed by atoms with van der Waals surface area (Å²) in [7, 11) is 0. The monoisotopic (exact) mass is 244 g/mol. The van der Waals surface area contributed by atoms with Crippen molar-refractivity contribution in [2.75, 3.05) is 13.2 Å². The Balaban J connectivity index is 2.19. The lowest BCUT2D eigenvalue weighted by Crippen LogP contribution is -2.47. The van der Waals surface area contributed by atoms with Crippen LogP contribution in [0.15, 0.2) is 0 Å². The Hall–Kier alpha value is -1.63. The molecule has 1 atom stereocenters. The second-order valence-corrected chi connectivity index (χ2v) is 3.83. The Kier molecular flexibility index (Phi) is 5.41. The third kappa shape index (κ3) is 5.86. The minimum absolute atomic E-state index is 0.0870. The zero-order valence-electron chi connectivity index (χ0n) is 9.40. The zero-order chi connectivity index (χ0) is 12.7. The molecule has 7 nitrogen and oxygen atoms in total. The molecule has 0 aromatic carbocycles. The lowest BCUT2D eigenvalue weighted by Gasteiger charge is -2.22. The van der Waals surface area contributed by atoms with Crippen molar-refractivity contribution in [1.29, 1.82) is 0 Å². The zero-order valence-corrected chi connectivity index (χ0v) is 9.40. The molecule has 7 heteroatoms. The highest BCUT2D eigenvalue weighted by molar-refractivity contribution is 5.95. The average Bonchev–Trinajstić information content (AvgIpc) is 2.27. The van der Waals surface area contributed by atoms with Gasteiger partial charge in [-0.05, 0) is 12.8 Å². The molecule has 0 radical (unpaired) electrons. The predicted octanol–water partition coefficient (Wildman–Crippen LogP) is -0.144. The van der Waals surface area contributed by atoms with Crippen molar-refractivity contribution >= 4 is 17.9 Å². The molecule has 0 aromatic rings. The van der Waals surface area contributed by atoms with E-state index in [4.69, 9.17) is 9.84 Å². The van der Waals surface area contributed by atoms with E-state index in [2.05, 4.69) is 10.6 Å². The van der Waals surface area contributed by atoms with Gasteiger partial charge in [-0.2, -0.15) is 0 Å². The lowest BCUT2D eigenvalue weighted by atomic mass is 10.1. The fourth-order valence-electron chi connectivity index (χ4n) is 1.49. The van der Waals surface area contributed by atoms with E-state index in [9.17, 15) is 14.4 Å². The summed E-state index contributed by atoms with van der Waals surface area (Å²) in [6, 6.07) is -0.688. The van der Waals surface area contributed by atoms with Gasteiger partial charge in [-0.15, -0.1) is 0 Å². The molecule has 0 bridgehead atoms. The summed E-state index contributed by atoms with van der Waals surface area (Å²) in [5, 5.41) is 13.0. The molecule has 1 aliphatic rings. The van der Waals surface area contributed by atoms with Crippen molar-refractivity contribution < 1.29 is 24.2 Å². The predicted molar refractivity (Wildman–Crippen MR) is 57.4 cm³/mol. The first-order valence-corrected chi connectivity index (χ1v) is 5.48. The quantitative estimate of drug-likeness (QED) is 0.638. The number of amides is 3. The molecule has 1 unspecified atom stereocenters. The van der Waals surface area contributed by atoms with E-state index < -0.39 is 17.9 Å². The molecule has 1 heterocycles. The molecule has 17 heavy (non-hydrogen) atoms. The fourth-order valence-corrected chi connectivity index (χ4v) is 1.49. The van der Waals surface area contributed by atoms with Gasteiger partial charge in [0.25, 0.3) is 0 Å². The van der Waals surface area contributed by atoms with Gasteiger partial charge >= 0.3 is 12.0 Å². The maximum Gasteiger partial charge on any atom is 0.321 e. The van der Waals surface area contributed by atoms with Crippen molar-refractivity contribution in [2.24, 2.45) is 0 Å². The van der Waals surface area contributed by atoms with Crippen LogP contribution in [0.1, 0.15) is 25.7 Å². The Bertz CT molecular complexity index is 299. The van der Waals surface area contributed by atoms with Gasteiger partial charge in [-0.25, -0.2) is 4.79 Å². The van der Waals surface area contributed by atoms with Gasteiger partial charge in [-0.3, -0.25) is 14.9 Å². The molecule has 1 rings (SSSR count). The van der Waals surface area contributed by atoms with Crippen LogP contribution in [0, 0.1) is 0 Å². The van der Waals surface area contributed by atoms with Gasteiger partial charge in [0.2, 0.25) is 5.91 Å². The number of nitrogens with one attached hydrogen (secondary N) is 2. The normalized spacial score (nSPS) is 19.4. The van der Waals surface area contributed by atoms with Crippen molar-refractivity contribution in [2.45, 2.75) is 31.7 Å². The lowest BCUT2D eigenvalue weighted by molar-refractivity contribution is -0.138. The number of carbonyl (C=O) groups excluding carboxylic acids is 2. The van der Waals surface area contributed by atoms with E-state index in [0.29, 0.717) is 13.2 Å². The van der Waals surface area contributed by atoms with Crippen LogP contribution in [-0.2, 0) is 14.3 Å². The molecule has 96 valence electrons. The van der Waals surface area contributed by atoms with Gasteiger partial charge in [-0.1, -0.05) is 0 Å². The molecule has 1 aliphatic heterocycles. The van der Waals surface area contributed by atoms with Crippen LogP contribution in [0.2, 0.25) is 0 Å².